The molecule has 2 aromatic carbocycles. The standard InChI is InChI=1S/C16H16ClN3/c1-20-16(14(17)10-19-20)15(18)9-11-6-7-12-4-2-3-5-13(12)8-11/h2-8,10,15H,9,18H2,1H3. The number of fused-ring (bicyclic) bond motifs is 1. The van der Waals surface area contributed by atoms with Crippen LogP contribution in [0.1, 0.15) is 17.3 Å². The second-order valence-electron chi connectivity index (χ2n) is 4.99. The van der Waals surface area contributed by atoms with Crippen molar-refractivity contribution in [2.45, 2.75) is 12.5 Å². The highest BCUT2D eigenvalue weighted by Crippen LogP contribution is 2.24. The Kier molecular flexibility index (Phi) is 3.47. The van der Waals surface area contributed by atoms with Crippen LogP contribution in [0.4, 0.5) is 0 Å². The summed E-state index contributed by atoms with van der Waals surface area (Å²) in [6.07, 6.45) is 2.38. The van der Waals surface area contributed by atoms with E-state index in [2.05, 4.69) is 35.4 Å². The Hall–Kier alpha value is -1.84. The summed E-state index contributed by atoms with van der Waals surface area (Å²) in [7, 11) is 1.86. The molecule has 1 unspecified atom stereocenters. The van der Waals surface area contributed by atoms with Gasteiger partial charge in [0.1, 0.15) is 0 Å². The van der Waals surface area contributed by atoms with Gasteiger partial charge >= 0.3 is 0 Å². The fraction of sp³-hybridized carbons (Fsp3) is 0.188. The Labute approximate surface area is 123 Å². The molecule has 0 spiro atoms. The molecule has 4 heteroatoms. The van der Waals surface area contributed by atoms with Gasteiger partial charge in [-0.15, -0.1) is 0 Å². The third-order valence-corrected chi connectivity index (χ3v) is 3.85. The van der Waals surface area contributed by atoms with Gasteiger partial charge in [-0.1, -0.05) is 54.1 Å². The van der Waals surface area contributed by atoms with E-state index in [9.17, 15) is 0 Å². The van der Waals surface area contributed by atoms with Crippen LogP contribution in [0.2, 0.25) is 5.02 Å². The summed E-state index contributed by atoms with van der Waals surface area (Å²) in [6, 6.07) is 14.6. The van der Waals surface area contributed by atoms with Crippen molar-refractivity contribution in [2.75, 3.05) is 0 Å². The molecule has 0 fully saturated rings. The molecule has 0 saturated carbocycles. The lowest BCUT2D eigenvalue weighted by Gasteiger charge is -2.13. The molecule has 1 aromatic heterocycles. The minimum absolute atomic E-state index is 0.156. The molecule has 20 heavy (non-hydrogen) atoms. The summed E-state index contributed by atoms with van der Waals surface area (Å²) in [4.78, 5) is 0. The molecule has 3 rings (SSSR count). The van der Waals surface area contributed by atoms with Crippen LogP contribution in [0.5, 0.6) is 0 Å². The number of hydrogen-bond donors (Lipinski definition) is 1. The van der Waals surface area contributed by atoms with E-state index < -0.39 is 0 Å². The average Bonchev–Trinajstić information content (AvgIpc) is 2.78. The summed E-state index contributed by atoms with van der Waals surface area (Å²) < 4.78 is 1.74. The van der Waals surface area contributed by atoms with Crippen molar-refractivity contribution in [2.24, 2.45) is 12.8 Å². The second kappa shape index (κ2) is 5.27. The van der Waals surface area contributed by atoms with E-state index in [0.29, 0.717) is 5.02 Å². The zero-order valence-electron chi connectivity index (χ0n) is 11.3. The van der Waals surface area contributed by atoms with Crippen LogP contribution in [0.25, 0.3) is 10.8 Å². The molecule has 1 heterocycles. The van der Waals surface area contributed by atoms with E-state index in [1.807, 2.05) is 19.2 Å². The fourth-order valence-electron chi connectivity index (χ4n) is 2.55. The topological polar surface area (TPSA) is 43.8 Å². The van der Waals surface area contributed by atoms with E-state index in [1.165, 1.54) is 16.3 Å². The van der Waals surface area contributed by atoms with Crippen LogP contribution < -0.4 is 5.73 Å². The third kappa shape index (κ3) is 2.42. The Balaban J connectivity index is 1.89. The lowest BCUT2D eigenvalue weighted by Crippen LogP contribution is -2.17. The highest BCUT2D eigenvalue weighted by atomic mass is 35.5. The minimum atomic E-state index is -0.156. The van der Waals surface area contributed by atoms with Crippen molar-refractivity contribution in [1.29, 1.82) is 0 Å². The predicted molar refractivity (Wildman–Crippen MR) is 82.8 cm³/mol. The Bertz CT molecular complexity index is 729. The summed E-state index contributed by atoms with van der Waals surface area (Å²) in [6.45, 7) is 0. The lowest BCUT2D eigenvalue weighted by atomic mass is 10.0. The third-order valence-electron chi connectivity index (χ3n) is 3.56. The van der Waals surface area contributed by atoms with Gasteiger partial charge in [0, 0.05) is 7.05 Å². The van der Waals surface area contributed by atoms with Gasteiger partial charge < -0.3 is 5.73 Å². The van der Waals surface area contributed by atoms with Crippen molar-refractivity contribution >= 4 is 22.4 Å². The molecular formula is C16H16ClN3. The number of aromatic nitrogens is 2. The van der Waals surface area contributed by atoms with Gasteiger partial charge in [-0.05, 0) is 22.8 Å². The van der Waals surface area contributed by atoms with E-state index in [4.69, 9.17) is 17.3 Å². The molecule has 0 amide bonds. The van der Waals surface area contributed by atoms with Gasteiger partial charge in [0.25, 0.3) is 0 Å². The second-order valence-corrected chi connectivity index (χ2v) is 5.40. The maximum Gasteiger partial charge on any atom is 0.0834 e. The SMILES string of the molecule is Cn1ncc(Cl)c1C(N)Cc1ccc2ccccc2c1. The first kappa shape index (κ1) is 13.2. The Morgan fingerprint density at radius 2 is 1.95 bits per heavy atom. The normalized spacial score (nSPS) is 12.8. The minimum Gasteiger partial charge on any atom is -0.322 e. The van der Waals surface area contributed by atoms with Crippen molar-refractivity contribution in [3.8, 4) is 0 Å². The van der Waals surface area contributed by atoms with Crippen molar-refractivity contribution in [1.82, 2.24) is 9.78 Å². The van der Waals surface area contributed by atoms with Gasteiger partial charge in [-0.2, -0.15) is 5.10 Å². The van der Waals surface area contributed by atoms with Crippen LogP contribution in [0, 0.1) is 0 Å². The largest absolute Gasteiger partial charge is 0.322 e. The molecule has 2 N–H and O–H groups in total. The number of nitrogens with zero attached hydrogens (tertiary/aromatic N) is 2. The average molecular weight is 286 g/mol. The predicted octanol–water partition coefficient (Wildman–Crippen LogP) is 3.47. The van der Waals surface area contributed by atoms with Crippen molar-refractivity contribution < 1.29 is 0 Å². The van der Waals surface area contributed by atoms with Crippen molar-refractivity contribution in [3.05, 3.63) is 64.9 Å². The molecule has 3 nitrogen and oxygen atoms in total. The summed E-state index contributed by atoms with van der Waals surface area (Å²) in [5.74, 6) is 0. The van der Waals surface area contributed by atoms with E-state index in [0.717, 1.165) is 12.1 Å². The Morgan fingerprint density at radius 1 is 1.20 bits per heavy atom. The van der Waals surface area contributed by atoms with Gasteiger partial charge in [-0.3, -0.25) is 4.68 Å². The number of hydrogen-bond acceptors (Lipinski definition) is 2. The Morgan fingerprint density at radius 3 is 2.65 bits per heavy atom. The van der Waals surface area contributed by atoms with Gasteiger partial charge in [0.05, 0.1) is 23.0 Å². The van der Waals surface area contributed by atoms with Gasteiger partial charge in [0.15, 0.2) is 0 Å². The van der Waals surface area contributed by atoms with Gasteiger partial charge in [0.2, 0.25) is 0 Å². The monoisotopic (exact) mass is 285 g/mol. The van der Waals surface area contributed by atoms with Crippen LogP contribution in [-0.4, -0.2) is 9.78 Å². The van der Waals surface area contributed by atoms with E-state index in [1.54, 1.807) is 10.9 Å². The quantitative estimate of drug-likeness (QED) is 0.801. The lowest BCUT2D eigenvalue weighted by molar-refractivity contribution is 0.617. The summed E-state index contributed by atoms with van der Waals surface area (Å²) in [5.41, 5.74) is 8.35. The maximum absolute atomic E-state index is 6.27. The molecule has 0 aliphatic rings. The zero-order chi connectivity index (χ0) is 14.1. The van der Waals surface area contributed by atoms with Crippen LogP contribution >= 0.6 is 11.6 Å². The number of benzene rings is 2. The number of halogens is 1. The number of rotatable bonds is 3. The smallest absolute Gasteiger partial charge is 0.0834 e. The first-order chi connectivity index (χ1) is 9.65. The molecule has 0 bridgehead atoms. The molecule has 0 radical (unpaired) electrons. The van der Waals surface area contributed by atoms with Crippen molar-refractivity contribution in [3.63, 3.8) is 0 Å². The molecule has 0 saturated heterocycles. The molecule has 3 aromatic rings. The fourth-order valence-corrected chi connectivity index (χ4v) is 2.86. The van der Waals surface area contributed by atoms with Crippen LogP contribution in [0.15, 0.2) is 48.7 Å². The summed E-state index contributed by atoms with van der Waals surface area (Å²) in [5, 5.41) is 7.23. The molecule has 1 atom stereocenters. The number of nitrogens with two attached hydrogens (primary N) is 1. The molecular weight excluding hydrogens is 270 g/mol. The summed E-state index contributed by atoms with van der Waals surface area (Å²) >= 11 is 6.14. The van der Waals surface area contributed by atoms with Gasteiger partial charge in [-0.25, -0.2) is 0 Å². The van der Waals surface area contributed by atoms with Crippen LogP contribution in [-0.2, 0) is 13.5 Å². The molecule has 0 aliphatic carbocycles. The van der Waals surface area contributed by atoms with E-state index in [-0.39, 0.29) is 6.04 Å². The number of aryl methyl sites for hydroxylation is 1. The highest BCUT2D eigenvalue weighted by Gasteiger charge is 2.15. The van der Waals surface area contributed by atoms with Crippen LogP contribution in [0.3, 0.4) is 0 Å². The molecule has 0 aliphatic heterocycles. The highest BCUT2D eigenvalue weighted by molar-refractivity contribution is 6.31. The maximum atomic E-state index is 6.27. The molecule has 102 valence electrons. The first-order valence-corrected chi connectivity index (χ1v) is 6.93. The first-order valence-electron chi connectivity index (χ1n) is 6.56. The van der Waals surface area contributed by atoms with E-state index >= 15 is 0 Å². The zero-order valence-corrected chi connectivity index (χ0v) is 12.0.